The maximum absolute atomic E-state index is 14.4. The fourth-order valence-electron chi connectivity index (χ4n) is 5.28. The summed E-state index contributed by atoms with van der Waals surface area (Å²) >= 11 is 6.06. The van der Waals surface area contributed by atoms with Crippen LogP contribution < -0.4 is 0 Å². The van der Waals surface area contributed by atoms with Gasteiger partial charge in [0.1, 0.15) is 6.17 Å². The summed E-state index contributed by atoms with van der Waals surface area (Å²) in [6.07, 6.45) is 12.0. The molecule has 0 heterocycles. The quantitative estimate of drug-likeness (QED) is 0.704. The van der Waals surface area contributed by atoms with Crippen molar-refractivity contribution in [2.75, 3.05) is 0 Å². The Balaban J connectivity index is 1.51. The molecule has 3 saturated carbocycles. The molecule has 0 radical (unpaired) electrons. The van der Waals surface area contributed by atoms with Crippen molar-refractivity contribution in [2.45, 2.75) is 88.3 Å². The van der Waals surface area contributed by atoms with Crippen molar-refractivity contribution in [1.29, 1.82) is 0 Å². The van der Waals surface area contributed by atoms with E-state index in [1.165, 1.54) is 57.8 Å². The van der Waals surface area contributed by atoms with E-state index in [-0.39, 0.29) is 5.92 Å². The zero-order valence-corrected chi connectivity index (χ0v) is 13.8. The van der Waals surface area contributed by atoms with Crippen LogP contribution in [0.25, 0.3) is 0 Å². The molecule has 0 aromatic heterocycles. The predicted octanol–water partition coefficient (Wildman–Crippen LogP) is 5.09. The Morgan fingerprint density at radius 2 is 1.29 bits per heavy atom. The average Bonchev–Trinajstić information content (AvgIpc) is 2.54. The lowest BCUT2D eigenvalue weighted by atomic mass is 9.66. The van der Waals surface area contributed by atoms with Crippen LogP contribution in [0.3, 0.4) is 0 Å². The normalized spacial score (nSPS) is 46.4. The van der Waals surface area contributed by atoms with Crippen molar-refractivity contribution < 1.29 is 9.50 Å². The zero-order chi connectivity index (χ0) is 14.8. The number of aliphatic hydroxyl groups is 1. The van der Waals surface area contributed by atoms with E-state index < -0.39 is 17.7 Å². The van der Waals surface area contributed by atoms with Crippen molar-refractivity contribution in [3.63, 3.8) is 0 Å². The van der Waals surface area contributed by atoms with Crippen LogP contribution in [-0.4, -0.2) is 22.8 Å². The van der Waals surface area contributed by atoms with Gasteiger partial charge in [-0.3, -0.25) is 0 Å². The largest absolute Gasteiger partial charge is 0.391 e. The summed E-state index contributed by atoms with van der Waals surface area (Å²) in [5, 5.41) is 9.02. The maximum Gasteiger partial charge on any atom is 0.122 e. The molecule has 0 spiro atoms. The van der Waals surface area contributed by atoms with Crippen molar-refractivity contribution in [2.24, 2.45) is 23.7 Å². The average molecular weight is 317 g/mol. The number of alkyl halides is 2. The number of halogens is 2. The molecule has 3 fully saturated rings. The fourth-order valence-corrected chi connectivity index (χ4v) is 5.59. The zero-order valence-electron chi connectivity index (χ0n) is 13.0. The van der Waals surface area contributed by atoms with Gasteiger partial charge in [-0.2, -0.15) is 0 Å². The van der Waals surface area contributed by atoms with Gasteiger partial charge in [-0.25, -0.2) is 4.39 Å². The summed E-state index contributed by atoms with van der Waals surface area (Å²) in [4.78, 5) is 0. The lowest BCUT2D eigenvalue weighted by molar-refractivity contribution is 0.0144. The molecule has 3 heteroatoms. The first-order chi connectivity index (χ1) is 10.2. The summed E-state index contributed by atoms with van der Waals surface area (Å²) in [7, 11) is 0. The van der Waals surface area contributed by atoms with Crippen molar-refractivity contribution in [3.8, 4) is 0 Å². The van der Waals surface area contributed by atoms with Crippen LogP contribution >= 0.6 is 11.6 Å². The molecule has 3 aliphatic rings. The monoisotopic (exact) mass is 316 g/mol. The van der Waals surface area contributed by atoms with Crippen molar-refractivity contribution >= 4 is 11.6 Å². The highest BCUT2D eigenvalue weighted by Gasteiger charge is 2.42. The molecule has 3 aliphatic carbocycles. The molecule has 1 nitrogen and oxygen atoms in total. The highest BCUT2D eigenvalue weighted by molar-refractivity contribution is 6.21. The van der Waals surface area contributed by atoms with Gasteiger partial charge in [0.2, 0.25) is 0 Å². The first-order valence-corrected chi connectivity index (χ1v) is 9.56. The number of hydrogen-bond acceptors (Lipinski definition) is 1. The van der Waals surface area contributed by atoms with Gasteiger partial charge in [0.05, 0.1) is 11.5 Å². The first-order valence-electron chi connectivity index (χ1n) is 9.13. The molecule has 1 N–H and O–H groups in total. The van der Waals surface area contributed by atoms with E-state index in [1.807, 2.05) is 0 Å². The number of hydrogen-bond donors (Lipinski definition) is 1. The van der Waals surface area contributed by atoms with E-state index >= 15 is 0 Å². The number of rotatable bonds is 2. The molecule has 0 aromatic rings. The first kappa shape index (κ1) is 16.1. The Morgan fingerprint density at radius 1 is 0.714 bits per heavy atom. The standard InChI is InChI=1S/C18H30ClFO/c19-17-16(21)11-10-15(18(17)20)14-8-6-13(7-9-14)12-4-2-1-3-5-12/h12-18,21H,1-11H2. The highest BCUT2D eigenvalue weighted by Crippen LogP contribution is 2.45. The molecular weight excluding hydrogens is 287 g/mol. The predicted molar refractivity (Wildman–Crippen MR) is 85.3 cm³/mol. The van der Waals surface area contributed by atoms with Crippen LogP contribution in [0, 0.1) is 23.7 Å². The summed E-state index contributed by atoms with van der Waals surface area (Å²) < 4.78 is 14.4. The van der Waals surface area contributed by atoms with Crippen LogP contribution in [0.15, 0.2) is 0 Å². The van der Waals surface area contributed by atoms with E-state index in [9.17, 15) is 9.50 Å². The van der Waals surface area contributed by atoms with Gasteiger partial charge in [0.15, 0.2) is 0 Å². The van der Waals surface area contributed by atoms with Crippen LogP contribution in [0.2, 0.25) is 0 Å². The van der Waals surface area contributed by atoms with Gasteiger partial charge in [0, 0.05) is 0 Å². The molecule has 0 bridgehead atoms. The van der Waals surface area contributed by atoms with Crippen LogP contribution in [0.4, 0.5) is 4.39 Å². The smallest absolute Gasteiger partial charge is 0.122 e. The van der Waals surface area contributed by atoms with Gasteiger partial charge in [-0.05, 0) is 62.2 Å². The maximum atomic E-state index is 14.4. The molecule has 3 rings (SSSR count). The lowest BCUT2D eigenvalue weighted by Gasteiger charge is -2.42. The second-order valence-corrected chi connectivity index (χ2v) is 8.27. The van der Waals surface area contributed by atoms with Gasteiger partial charge in [-0.1, -0.05) is 32.1 Å². The van der Waals surface area contributed by atoms with Crippen LogP contribution in [0.5, 0.6) is 0 Å². The Labute approximate surface area is 133 Å². The summed E-state index contributed by atoms with van der Waals surface area (Å²) in [6.45, 7) is 0. The molecule has 4 atom stereocenters. The third kappa shape index (κ3) is 3.58. The van der Waals surface area contributed by atoms with E-state index in [0.29, 0.717) is 12.3 Å². The Morgan fingerprint density at radius 3 is 1.95 bits per heavy atom. The lowest BCUT2D eigenvalue weighted by Crippen LogP contribution is -2.44. The van der Waals surface area contributed by atoms with E-state index in [1.54, 1.807) is 0 Å². The summed E-state index contributed by atoms with van der Waals surface area (Å²) in [5.74, 6) is 2.47. The summed E-state index contributed by atoms with van der Waals surface area (Å²) in [5.41, 5.74) is 0. The minimum Gasteiger partial charge on any atom is -0.391 e. The molecule has 0 aromatic carbocycles. The second kappa shape index (κ2) is 7.17. The summed E-state index contributed by atoms with van der Waals surface area (Å²) in [6, 6.07) is 0. The second-order valence-electron chi connectivity index (χ2n) is 7.77. The van der Waals surface area contributed by atoms with Crippen LogP contribution in [0.1, 0.15) is 70.6 Å². The van der Waals surface area contributed by atoms with Gasteiger partial charge < -0.3 is 5.11 Å². The Bertz CT molecular complexity index is 323. The van der Waals surface area contributed by atoms with Crippen molar-refractivity contribution in [1.82, 2.24) is 0 Å². The highest BCUT2D eigenvalue weighted by atomic mass is 35.5. The van der Waals surface area contributed by atoms with Gasteiger partial charge in [0.25, 0.3) is 0 Å². The molecule has 0 aliphatic heterocycles. The molecular formula is C18H30ClFO. The molecule has 0 amide bonds. The molecule has 0 saturated heterocycles. The minimum absolute atomic E-state index is 0.100. The van der Waals surface area contributed by atoms with E-state index in [2.05, 4.69) is 0 Å². The minimum atomic E-state index is -1.01. The molecule has 4 unspecified atom stereocenters. The molecule has 21 heavy (non-hydrogen) atoms. The number of aliphatic hydroxyl groups excluding tert-OH is 1. The topological polar surface area (TPSA) is 20.2 Å². The fraction of sp³-hybridized carbons (Fsp3) is 1.00. The molecule has 122 valence electrons. The Kier molecular flexibility index (Phi) is 5.48. The van der Waals surface area contributed by atoms with E-state index in [0.717, 1.165) is 18.3 Å². The van der Waals surface area contributed by atoms with E-state index in [4.69, 9.17) is 11.6 Å². The SMILES string of the molecule is OC1CCC(C2CCC(C3CCCCC3)CC2)C(F)C1Cl. The van der Waals surface area contributed by atoms with Crippen molar-refractivity contribution in [3.05, 3.63) is 0 Å². The Hall–Kier alpha value is 0.180. The van der Waals surface area contributed by atoms with Gasteiger partial charge >= 0.3 is 0 Å². The van der Waals surface area contributed by atoms with Gasteiger partial charge in [-0.15, -0.1) is 11.6 Å². The third-order valence-corrected chi connectivity index (χ3v) is 7.15. The third-order valence-electron chi connectivity index (χ3n) is 6.62. The van der Waals surface area contributed by atoms with Crippen LogP contribution in [-0.2, 0) is 0 Å².